The Morgan fingerprint density at radius 3 is 2.87 bits per heavy atom. The molecule has 1 N–H and O–H groups in total. The number of carbonyl (C=O) groups excluding carboxylic acids is 1. The van der Waals surface area contributed by atoms with Crippen LogP contribution in [0, 0.1) is 10.1 Å². The number of anilines is 1. The highest BCUT2D eigenvalue weighted by molar-refractivity contribution is 7.18. The summed E-state index contributed by atoms with van der Waals surface area (Å²) in [7, 11) is 3.27. The molecule has 1 aromatic heterocycles. The van der Waals surface area contributed by atoms with Crippen LogP contribution >= 0.6 is 11.3 Å². The number of thiazole rings is 1. The smallest absolute Gasteiger partial charge is 0.345 e. The van der Waals surface area contributed by atoms with Gasteiger partial charge in [-0.15, -0.1) is 0 Å². The average Bonchev–Trinajstić information content (AvgIpc) is 2.62. The Balaban J connectivity index is 2.51. The second kappa shape index (κ2) is 4.69. The zero-order chi connectivity index (χ0) is 11.4. The second-order valence-electron chi connectivity index (χ2n) is 2.90. The summed E-state index contributed by atoms with van der Waals surface area (Å²) in [5.41, 5.74) is 0. The molecule has 0 saturated heterocycles. The van der Waals surface area contributed by atoms with Gasteiger partial charge in [0.2, 0.25) is 5.91 Å². The fourth-order valence-corrected chi connectivity index (χ4v) is 1.37. The first-order valence-corrected chi connectivity index (χ1v) is 4.86. The number of nitrogens with zero attached hydrogens (tertiary/aromatic N) is 3. The van der Waals surface area contributed by atoms with Gasteiger partial charge in [-0.3, -0.25) is 14.9 Å². The molecular formula is C7H10N4O3S. The van der Waals surface area contributed by atoms with Crippen molar-refractivity contribution in [3.8, 4) is 0 Å². The Morgan fingerprint density at radius 2 is 2.40 bits per heavy atom. The minimum atomic E-state index is -0.517. The maximum Gasteiger partial charge on any atom is 0.345 e. The maximum absolute atomic E-state index is 11.2. The van der Waals surface area contributed by atoms with E-state index in [9.17, 15) is 14.9 Å². The largest absolute Gasteiger partial charge is 0.352 e. The number of hydrogen-bond acceptors (Lipinski definition) is 6. The molecule has 82 valence electrons. The topological polar surface area (TPSA) is 88.4 Å². The van der Waals surface area contributed by atoms with Crippen LogP contribution in [0.1, 0.15) is 0 Å². The fraction of sp³-hybridized carbons (Fsp3) is 0.429. The molecule has 1 heterocycles. The molecule has 0 atom stereocenters. The lowest BCUT2D eigenvalue weighted by atomic mass is 10.5. The van der Waals surface area contributed by atoms with Crippen molar-refractivity contribution >= 4 is 27.4 Å². The van der Waals surface area contributed by atoms with Crippen LogP contribution in [0.3, 0.4) is 0 Å². The van der Waals surface area contributed by atoms with Gasteiger partial charge in [0.1, 0.15) is 6.20 Å². The molecule has 0 aliphatic carbocycles. The summed E-state index contributed by atoms with van der Waals surface area (Å²) in [5.74, 6) is -0.118. The Hall–Kier alpha value is -1.70. The van der Waals surface area contributed by atoms with Crippen molar-refractivity contribution in [2.24, 2.45) is 0 Å². The molecule has 0 aliphatic rings. The number of aromatic nitrogens is 1. The predicted octanol–water partition coefficient (Wildman–Crippen LogP) is 0.551. The molecule has 8 heteroatoms. The van der Waals surface area contributed by atoms with Crippen molar-refractivity contribution in [2.75, 3.05) is 26.0 Å². The lowest BCUT2D eigenvalue weighted by Crippen LogP contribution is -2.28. The summed E-state index contributed by atoms with van der Waals surface area (Å²) >= 11 is 0.903. The number of nitro groups is 1. The molecule has 1 amide bonds. The van der Waals surface area contributed by atoms with Gasteiger partial charge in [0.15, 0.2) is 5.13 Å². The highest BCUT2D eigenvalue weighted by Crippen LogP contribution is 2.24. The van der Waals surface area contributed by atoms with Crippen molar-refractivity contribution in [3.63, 3.8) is 0 Å². The van der Waals surface area contributed by atoms with E-state index in [1.807, 2.05) is 0 Å². The standard InChI is InChI=1S/C7H10N4O3S/c1-10(2)5(12)3-8-7-9-4-6(15-7)11(13)14/h4H,3H2,1-2H3,(H,8,9). The number of hydrogen-bond donors (Lipinski definition) is 1. The summed E-state index contributed by atoms with van der Waals surface area (Å²) in [6, 6.07) is 0. The minimum absolute atomic E-state index is 0.0465. The molecule has 0 aliphatic heterocycles. The SMILES string of the molecule is CN(C)C(=O)CNc1ncc([N+](=O)[O-])s1. The monoisotopic (exact) mass is 230 g/mol. The van der Waals surface area contributed by atoms with Crippen LogP contribution in [0.25, 0.3) is 0 Å². The molecule has 0 spiro atoms. The molecule has 0 aromatic carbocycles. The number of nitrogens with one attached hydrogen (secondary N) is 1. The Labute approximate surface area is 89.9 Å². The summed E-state index contributed by atoms with van der Waals surface area (Å²) in [6.07, 6.45) is 1.16. The van der Waals surface area contributed by atoms with Crippen LogP contribution in [0.5, 0.6) is 0 Å². The molecular weight excluding hydrogens is 220 g/mol. The van der Waals surface area contributed by atoms with E-state index in [0.29, 0.717) is 5.13 Å². The van der Waals surface area contributed by atoms with Gasteiger partial charge in [-0.2, -0.15) is 0 Å². The molecule has 0 fully saturated rings. The van der Waals surface area contributed by atoms with Crippen LogP contribution < -0.4 is 5.32 Å². The van der Waals surface area contributed by atoms with Gasteiger partial charge in [0.25, 0.3) is 0 Å². The van der Waals surface area contributed by atoms with E-state index in [0.717, 1.165) is 17.5 Å². The first-order chi connectivity index (χ1) is 7.00. The number of carbonyl (C=O) groups is 1. The third-order valence-corrected chi connectivity index (χ3v) is 2.47. The van der Waals surface area contributed by atoms with Crippen LogP contribution in [0.2, 0.25) is 0 Å². The lowest BCUT2D eigenvalue weighted by Gasteiger charge is -2.09. The summed E-state index contributed by atoms with van der Waals surface area (Å²) in [6.45, 7) is 0.0810. The summed E-state index contributed by atoms with van der Waals surface area (Å²) in [4.78, 5) is 26.2. The van der Waals surface area contributed by atoms with Gasteiger partial charge in [-0.25, -0.2) is 4.98 Å². The molecule has 1 aromatic rings. The molecule has 0 saturated carbocycles. The van der Waals surface area contributed by atoms with Gasteiger partial charge < -0.3 is 10.2 Å². The quantitative estimate of drug-likeness (QED) is 0.602. The fourth-order valence-electron chi connectivity index (χ4n) is 0.741. The molecule has 1 rings (SSSR count). The average molecular weight is 230 g/mol. The van der Waals surface area contributed by atoms with Crippen molar-refractivity contribution < 1.29 is 9.72 Å². The van der Waals surface area contributed by atoms with Gasteiger partial charge in [0.05, 0.1) is 11.5 Å². The molecule has 0 bridgehead atoms. The maximum atomic E-state index is 11.2. The highest BCUT2D eigenvalue weighted by Gasteiger charge is 2.12. The van der Waals surface area contributed by atoms with E-state index in [1.165, 1.54) is 4.90 Å². The zero-order valence-corrected chi connectivity index (χ0v) is 9.08. The van der Waals surface area contributed by atoms with Crippen molar-refractivity contribution in [1.29, 1.82) is 0 Å². The van der Waals surface area contributed by atoms with Crippen LogP contribution in [0.4, 0.5) is 10.1 Å². The van der Waals surface area contributed by atoms with Crippen LogP contribution in [0.15, 0.2) is 6.20 Å². The molecule has 0 radical (unpaired) electrons. The number of likely N-dealkylation sites (N-methyl/N-ethyl adjacent to an activating group) is 1. The Bertz CT molecular complexity index is 376. The van der Waals surface area contributed by atoms with Crippen molar-refractivity contribution in [1.82, 2.24) is 9.88 Å². The first kappa shape index (κ1) is 11.4. The van der Waals surface area contributed by atoms with Gasteiger partial charge in [-0.05, 0) is 11.3 Å². The van der Waals surface area contributed by atoms with E-state index in [-0.39, 0.29) is 17.5 Å². The molecule has 7 nitrogen and oxygen atoms in total. The van der Waals surface area contributed by atoms with Crippen LogP contribution in [-0.2, 0) is 4.79 Å². The Kier molecular flexibility index (Phi) is 3.56. The van der Waals surface area contributed by atoms with E-state index in [4.69, 9.17) is 0 Å². The summed E-state index contributed by atoms with van der Waals surface area (Å²) in [5, 5.41) is 13.4. The second-order valence-corrected chi connectivity index (χ2v) is 3.91. The van der Waals surface area contributed by atoms with Crippen molar-refractivity contribution in [3.05, 3.63) is 16.3 Å². The van der Waals surface area contributed by atoms with E-state index < -0.39 is 4.92 Å². The summed E-state index contributed by atoms with van der Waals surface area (Å²) < 4.78 is 0. The number of rotatable bonds is 4. The van der Waals surface area contributed by atoms with Gasteiger partial charge in [0, 0.05) is 14.1 Å². The van der Waals surface area contributed by atoms with E-state index in [1.54, 1.807) is 14.1 Å². The zero-order valence-electron chi connectivity index (χ0n) is 8.26. The van der Waals surface area contributed by atoms with Crippen LogP contribution in [-0.4, -0.2) is 41.4 Å². The minimum Gasteiger partial charge on any atom is -0.352 e. The van der Waals surface area contributed by atoms with E-state index >= 15 is 0 Å². The predicted molar refractivity (Wildman–Crippen MR) is 56.0 cm³/mol. The van der Waals surface area contributed by atoms with Crippen molar-refractivity contribution in [2.45, 2.75) is 0 Å². The molecule has 15 heavy (non-hydrogen) atoms. The first-order valence-electron chi connectivity index (χ1n) is 4.05. The third-order valence-electron chi connectivity index (χ3n) is 1.56. The van der Waals surface area contributed by atoms with E-state index in [2.05, 4.69) is 10.3 Å². The Morgan fingerprint density at radius 1 is 1.73 bits per heavy atom. The highest BCUT2D eigenvalue weighted by atomic mass is 32.1. The third kappa shape index (κ3) is 3.17. The number of amides is 1. The van der Waals surface area contributed by atoms with Gasteiger partial charge >= 0.3 is 5.00 Å². The normalized spacial score (nSPS) is 9.73. The molecule has 0 unspecified atom stereocenters. The lowest BCUT2D eigenvalue weighted by molar-refractivity contribution is -0.380. The van der Waals surface area contributed by atoms with Gasteiger partial charge in [-0.1, -0.05) is 0 Å².